The average Bonchev–Trinajstić information content (AvgIpc) is 2.46. The van der Waals surface area contributed by atoms with Gasteiger partial charge in [-0.15, -0.1) is 0 Å². The molecular weight excluding hydrogens is 236 g/mol. The summed E-state index contributed by atoms with van der Waals surface area (Å²) in [5, 5.41) is 10.6. The van der Waals surface area contributed by atoms with Gasteiger partial charge in [0.15, 0.2) is 0 Å². The molecule has 0 aliphatic heterocycles. The first kappa shape index (κ1) is 12.3. The summed E-state index contributed by atoms with van der Waals surface area (Å²) in [6.07, 6.45) is 4.39. The fraction of sp³-hybridized carbons (Fsp3) is 0.375. The van der Waals surface area contributed by atoms with Gasteiger partial charge in [0.1, 0.15) is 6.10 Å². The predicted octanol–water partition coefficient (Wildman–Crippen LogP) is 2.94. The normalized spacial score (nSPS) is 19.8. The summed E-state index contributed by atoms with van der Waals surface area (Å²) in [4.78, 5) is 8.93. The highest BCUT2D eigenvalue weighted by molar-refractivity contribution is 5.29. The molecule has 2 aromatic heterocycles. The maximum Gasteiger partial charge on any atom is 0.104 e. The molecule has 0 radical (unpaired) electrons. The SMILES string of the molecule is Cc1cccc(C(O)C2CCCc3cccnc32)n1. The van der Waals surface area contributed by atoms with Gasteiger partial charge in [0, 0.05) is 23.5 Å². The van der Waals surface area contributed by atoms with E-state index in [2.05, 4.69) is 16.0 Å². The van der Waals surface area contributed by atoms with Crippen LogP contribution in [-0.4, -0.2) is 15.1 Å². The second kappa shape index (κ2) is 5.10. The third kappa shape index (κ3) is 2.38. The van der Waals surface area contributed by atoms with Crippen molar-refractivity contribution in [2.75, 3.05) is 0 Å². The number of aromatic nitrogens is 2. The van der Waals surface area contributed by atoms with E-state index in [9.17, 15) is 5.11 Å². The van der Waals surface area contributed by atoms with Crippen LogP contribution in [0.1, 0.15) is 47.5 Å². The van der Waals surface area contributed by atoms with Crippen molar-refractivity contribution in [1.29, 1.82) is 0 Å². The van der Waals surface area contributed by atoms with Crippen molar-refractivity contribution >= 4 is 0 Å². The number of rotatable bonds is 2. The van der Waals surface area contributed by atoms with Crippen LogP contribution < -0.4 is 0 Å². The molecular formula is C16H18N2O. The van der Waals surface area contributed by atoms with E-state index in [0.29, 0.717) is 0 Å². The van der Waals surface area contributed by atoms with Gasteiger partial charge in [-0.05, 0) is 49.9 Å². The van der Waals surface area contributed by atoms with Crippen LogP contribution in [0.5, 0.6) is 0 Å². The predicted molar refractivity (Wildman–Crippen MR) is 73.8 cm³/mol. The minimum atomic E-state index is -0.561. The summed E-state index contributed by atoms with van der Waals surface area (Å²) in [7, 11) is 0. The van der Waals surface area contributed by atoms with Crippen LogP contribution >= 0.6 is 0 Å². The van der Waals surface area contributed by atoms with Gasteiger partial charge < -0.3 is 5.11 Å². The zero-order chi connectivity index (χ0) is 13.2. The lowest BCUT2D eigenvalue weighted by Gasteiger charge is -2.28. The van der Waals surface area contributed by atoms with Crippen LogP contribution in [0.25, 0.3) is 0 Å². The standard InChI is InChI=1S/C16H18N2O/c1-11-5-2-9-14(18-11)16(19)13-8-3-6-12-7-4-10-17-15(12)13/h2,4-5,7,9-10,13,16,19H,3,6,8H2,1H3. The van der Waals surface area contributed by atoms with E-state index in [1.54, 1.807) is 0 Å². The lowest BCUT2D eigenvalue weighted by atomic mass is 9.82. The minimum absolute atomic E-state index is 0.0687. The van der Waals surface area contributed by atoms with Crippen molar-refractivity contribution in [2.24, 2.45) is 0 Å². The van der Waals surface area contributed by atoms with Crippen molar-refractivity contribution in [2.45, 2.75) is 38.2 Å². The molecule has 19 heavy (non-hydrogen) atoms. The molecule has 1 aliphatic rings. The Morgan fingerprint density at radius 1 is 1.26 bits per heavy atom. The van der Waals surface area contributed by atoms with Crippen molar-refractivity contribution in [3.05, 3.63) is 59.2 Å². The molecule has 2 atom stereocenters. The molecule has 0 amide bonds. The van der Waals surface area contributed by atoms with Crippen LogP contribution in [0.2, 0.25) is 0 Å². The second-order valence-electron chi connectivity index (χ2n) is 5.20. The number of fused-ring (bicyclic) bond motifs is 1. The minimum Gasteiger partial charge on any atom is -0.386 e. The van der Waals surface area contributed by atoms with E-state index in [1.165, 1.54) is 5.56 Å². The number of nitrogens with zero attached hydrogens (tertiary/aromatic N) is 2. The summed E-state index contributed by atoms with van der Waals surface area (Å²) < 4.78 is 0. The molecule has 98 valence electrons. The summed E-state index contributed by atoms with van der Waals surface area (Å²) in [6, 6.07) is 9.88. The summed E-state index contributed by atoms with van der Waals surface area (Å²) >= 11 is 0. The van der Waals surface area contributed by atoms with Gasteiger partial charge in [-0.1, -0.05) is 12.1 Å². The largest absolute Gasteiger partial charge is 0.386 e. The molecule has 0 aromatic carbocycles. The van der Waals surface area contributed by atoms with Gasteiger partial charge in [-0.3, -0.25) is 9.97 Å². The highest BCUT2D eigenvalue weighted by atomic mass is 16.3. The maximum absolute atomic E-state index is 10.6. The fourth-order valence-corrected chi connectivity index (χ4v) is 2.89. The van der Waals surface area contributed by atoms with Gasteiger partial charge >= 0.3 is 0 Å². The zero-order valence-electron chi connectivity index (χ0n) is 11.1. The zero-order valence-corrected chi connectivity index (χ0v) is 11.1. The molecule has 2 aromatic rings. The van der Waals surface area contributed by atoms with Crippen molar-refractivity contribution < 1.29 is 5.11 Å². The van der Waals surface area contributed by atoms with Gasteiger partial charge in [0.2, 0.25) is 0 Å². The third-order valence-electron chi connectivity index (χ3n) is 3.83. The highest BCUT2D eigenvalue weighted by Crippen LogP contribution is 2.38. The number of hydrogen-bond donors (Lipinski definition) is 1. The highest BCUT2D eigenvalue weighted by Gasteiger charge is 2.29. The number of aliphatic hydroxyl groups is 1. The molecule has 1 aliphatic carbocycles. The molecule has 1 N–H and O–H groups in total. The fourth-order valence-electron chi connectivity index (χ4n) is 2.89. The number of aliphatic hydroxyl groups excluding tert-OH is 1. The Bertz CT molecular complexity index is 582. The van der Waals surface area contributed by atoms with Crippen molar-refractivity contribution in [3.63, 3.8) is 0 Å². The molecule has 2 heterocycles. The Hall–Kier alpha value is -1.74. The van der Waals surface area contributed by atoms with Gasteiger partial charge in [0.25, 0.3) is 0 Å². The first-order valence-electron chi connectivity index (χ1n) is 6.81. The Morgan fingerprint density at radius 3 is 3.00 bits per heavy atom. The average molecular weight is 254 g/mol. The Labute approximate surface area is 113 Å². The van der Waals surface area contributed by atoms with Crippen LogP contribution in [-0.2, 0) is 6.42 Å². The molecule has 2 unspecified atom stereocenters. The topological polar surface area (TPSA) is 46.0 Å². The molecule has 0 saturated carbocycles. The van der Waals surface area contributed by atoms with Crippen LogP contribution in [0, 0.1) is 6.92 Å². The Kier molecular flexibility index (Phi) is 3.30. The monoisotopic (exact) mass is 254 g/mol. The summed E-state index contributed by atoms with van der Waals surface area (Å²) in [5.41, 5.74) is 4.01. The lowest BCUT2D eigenvalue weighted by molar-refractivity contribution is 0.129. The molecule has 0 bridgehead atoms. The Morgan fingerprint density at radius 2 is 2.16 bits per heavy atom. The van der Waals surface area contributed by atoms with E-state index in [0.717, 1.165) is 36.3 Å². The molecule has 3 nitrogen and oxygen atoms in total. The van der Waals surface area contributed by atoms with E-state index in [-0.39, 0.29) is 5.92 Å². The summed E-state index contributed by atoms with van der Waals surface area (Å²) in [6.45, 7) is 1.95. The quantitative estimate of drug-likeness (QED) is 0.896. The van der Waals surface area contributed by atoms with Crippen molar-refractivity contribution in [3.8, 4) is 0 Å². The lowest BCUT2D eigenvalue weighted by Crippen LogP contribution is -2.19. The van der Waals surface area contributed by atoms with E-state index in [1.807, 2.05) is 37.4 Å². The number of pyridine rings is 2. The second-order valence-corrected chi connectivity index (χ2v) is 5.20. The van der Waals surface area contributed by atoms with Gasteiger partial charge in [-0.2, -0.15) is 0 Å². The molecule has 3 heteroatoms. The summed E-state index contributed by atoms with van der Waals surface area (Å²) in [5.74, 6) is 0.0687. The van der Waals surface area contributed by atoms with E-state index in [4.69, 9.17) is 0 Å². The van der Waals surface area contributed by atoms with E-state index >= 15 is 0 Å². The van der Waals surface area contributed by atoms with Crippen LogP contribution in [0.4, 0.5) is 0 Å². The first-order valence-corrected chi connectivity index (χ1v) is 6.81. The third-order valence-corrected chi connectivity index (χ3v) is 3.83. The van der Waals surface area contributed by atoms with Crippen LogP contribution in [0.15, 0.2) is 36.5 Å². The molecule has 0 spiro atoms. The molecule has 0 saturated heterocycles. The maximum atomic E-state index is 10.6. The van der Waals surface area contributed by atoms with Gasteiger partial charge in [0.05, 0.1) is 5.69 Å². The van der Waals surface area contributed by atoms with Crippen LogP contribution in [0.3, 0.4) is 0 Å². The smallest absolute Gasteiger partial charge is 0.104 e. The first-order chi connectivity index (χ1) is 9.25. The van der Waals surface area contributed by atoms with Crippen molar-refractivity contribution in [1.82, 2.24) is 9.97 Å². The number of aryl methyl sites for hydroxylation is 2. The molecule has 0 fully saturated rings. The molecule has 3 rings (SSSR count). The number of hydrogen-bond acceptors (Lipinski definition) is 3. The Balaban J connectivity index is 1.95. The van der Waals surface area contributed by atoms with E-state index < -0.39 is 6.10 Å². The van der Waals surface area contributed by atoms with Gasteiger partial charge in [-0.25, -0.2) is 0 Å².